The van der Waals surface area contributed by atoms with E-state index in [1.165, 1.54) is 24.7 Å². The number of halogens is 1. The zero-order chi connectivity index (χ0) is 26.4. The van der Waals surface area contributed by atoms with E-state index in [4.69, 9.17) is 19.7 Å². The lowest BCUT2D eigenvalue weighted by Gasteiger charge is -2.25. The maximum absolute atomic E-state index is 15.8. The van der Waals surface area contributed by atoms with Crippen LogP contribution in [-0.2, 0) is 23.4 Å². The summed E-state index contributed by atoms with van der Waals surface area (Å²) in [7, 11) is -0.636. The molecule has 3 heterocycles. The number of anilines is 2. The van der Waals surface area contributed by atoms with Crippen LogP contribution in [0.5, 0.6) is 0 Å². The Bertz CT molecular complexity index is 1140. The molecule has 4 N–H and O–H groups in total. The van der Waals surface area contributed by atoms with Gasteiger partial charge in [0, 0.05) is 13.1 Å². The number of nitrogens with zero attached hydrogens (tertiary/aromatic N) is 5. The number of fused-ring (bicyclic) bond motifs is 1. The van der Waals surface area contributed by atoms with Crippen LogP contribution in [0, 0.1) is 0 Å². The third kappa shape index (κ3) is 5.28. The van der Waals surface area contributed by atoms with Crippen LogP contribution in [0.1, 0.15) is 46.8 Å². The van der Waals surface area contributed by atoms with Crippen molar-refractivity contribution in [1.82, 2.24) is 24.6 Å². The number of hydrogen-bond acceptors (Lipinski definition) is 11. The van der Waals surface area contributed by atoms with Crippen LogP contribution in [0.4, 0.5) is 16.2 Å². The summed E-state index contributed by atoms with van der Waals surface area (Å²) in [4.78, 5) is 26.8. The quantitative estimate of drug-likeness (QED) is 0.301. The molecule has 0 amide bonds. The molecule has 15 heteroatoms. The van der Waals surface area contributed by atoms with Crippen molar-refractivity contribution in [2.24, 2.45) is 0 Å². The lowest BCUT2D eigenvalue weighted by molar-refractivity contribution is -0.149. The van der Waals surface area contributed by atoms with Gasteiger partial charge in [-0.2, -0.15) is 9.97 Å². The van der Waals surface area contributed by atoms with Crippen LogP contribution < -0.4 is 15.7 Å². The first kappa shape index (κ1) is 26.6. The molecule has 6 atom stereocenters. The van der Waals surface area contributed by atoms with Gasteiger partial charge in [0.15, 0.2) is 28.9 Å². The number of rotatable bonds is 10. The summed E-state index contributed by atoms with van der Waals surface area (Å²) in [6.07, 6.45) is -0.990. The predicted octanol–water partition coefficient (Wildman–Crippen LogP) is 1.60. The minimum Gasteiger partial charge on any atom is -0.462 e. The average molecular weight is 529 g/mol. The smallest absolute Gasteiger partial charge is 0.462 e. The van der Waals surface area contributed by atoms with Crippen molar-refractivity contribution in [3.05, 3.63) is 6.33 Å². The number of hydrogen-bond donors (Lipinski definition) is 3. The second-order valence-corrected chi connectivity index (χ2v) is 10.6. The normalized spacial score (nSPS) is 27.4. The van der Waals surface area contributed by atoms with E-state index in [1.807, 2.05) is 11.9 Å². The molecule has 13 nitrogen and oxygen atoms in total. The summed E-state index contributed by atoms with van der Waals surface area (Å²) in [6, 6.07) is -0.564. The van der Waals surface area contributed by atoms with Crippen LogP contribution >= 0.6 is 8.18 Å². The van der Waals surface area contributed by atoms with Gasteiger partial charge < -0.3 is 25.2 Å². The van der Waals surface area contributed by atoms with Gasteiger partial charge in [0.05, 0.1) is 12.4 Å². The van der Waals surface area contributed by atoms with Crippen molar-refractivity contribution >= 4 is 37.1 Å². The van der Waals surface area contributed by atoms with Crippen LogP contribution in [-0.4, -0.2) is 80.3 Å². The number of nitrogen functional groups attached to an aromatic ring is 1. The van der Waals surface area contributed by atoms with Crippen LogP contribution in [0.2, 0.25) is 0 Å². The van der Waals surface area contributed by atoms with Crippen molar-refractivity contribution in [3.63, 3.8) is 0 Å². The number of esters is 1. The molecule has 2 aromatic rings. The lowest BCUT2D eigenvalue weighted by atomic mass is 9.98. The molecular formula is C21H32FN7O6P+. The molecule has 36 heavy (non-hydrogen) atoms. The molecule has 0 radical (unpaired) electrons. The Kier molecular flexibility index (Phi) is 7.45. The summed E-state index contributed by atoms with van der Waals surface area (Å²) >= 11 is 0. The van der Waals surface area contributed by atoms with E-state index in [0.717, 1.165) is 12.8 Å². The lowest BCUT2D eigenvalue weighted by Crippen LogP contribution is -2.40. The number of carbonyl (C=O) groups is 1. The second-order valence-electron chi connectivity index (χ2n) is 9.58. The summed E-state index contributed by atoms with van der Waals surface area (Å²) in [5.74, 6) is -0.0599. The monoisotopic (exact) mass is 528 g/mol. The number of aliphatic hydroxyl groups is 1. The van der Waals surface area contributed by atoms with Crippen molar-refractivity contribution in [2.45, 2.75) is 82.8 Å². The molecule has 1 aliphatic heterocycles. The van der Waals surface area contributed by atoms with Gasteiger partial charge in [-0.1, -0.05) is 5.09 Å². The summed E-state index contributed by atoms with van der Waals surface area (Å²) < 4.78 is 45.5. The molecule has 2 fully saturated rings. The van der Waals surface area contributed by atoms with Gasteiger partial charge >= 0.3 is 14.1 Å². The van der Waals surface area contributed by atoms with Crippen LogP contribution in [0.3, 0.4) is 0 Å². The van der Waals surface area contributed by atoms with E-state index < -0.39 is 50.9 Å². The van der Waals surface area contributed by atoms with E-state index in [0.29, 0.717) is 17.4 Å². The molecular weight excluding hydrogens is 496 g/mol. The fourth-order valence-electron chi connectivity index (χ4n) is 4.04. The molecule has 1 aliphatic carbocycles. The molecule has 1 saturated heterocycles. The standard InChI is InChI=1S/C21H32FN7O6P/c1-10(2)34-18(31)11(3)27-36(32)33-8-13-15(30)21(4,22)19(35-13)29-9-24-14-16(28(5)12-6-7-12)25-20(23)26-17(14)29/h9-13,15,19,30H,6-8H2,1-5H3,(H,27,32)(H2,23,25,26)/q+1/t11-,13-,15-,19-,21-/m1/s1. The summed E-state index contributed by atoms with van der Waals surface area (Å²) in [6.45, 7) is 5.66. The first-order valence-electron chi connectivity index (χ1n) is 11.7. The first-order valence-corrected chi connectivity index (χ1v) is 12.9. The molecule has 0 spiro atoms. The number of aliphatic hydroxyl groups excluding tert-OH is 1. The fraction of sp³-hybridized carbons (Fsp3) is 0.714. The number of carbonyl (C=O) groups excluding carboxylic acids is 1. The number of alkyl halides is 1. The van der Waals surface area contributed by atoms with Gasteiger partial charge in [0.2, 0.25) is 5.95 Å². The third-order valence-corrected chi connectivity index (χ3v) is 7.16. The number of ether oxygens (including phenoxy) is 2. The minimum atomic E-state index is -2.52. The number of nitrogens with one attached hydrogen (secondary N) is 1. The highest BCUT2D eigenvalue weighted by atomic mass is 31.1. The highest BCUT2D eigenvalue weighted by molar-refractivity contribution is 7.36. The predicted molar refractivity (Wildman–Crippen MR) is 128 cm³/mol. The van der Waals surface area contributed by atoms with Crippen LogP contribution in [0.25, 0.3) is 11.2 Å². The largest absolute Gasteiger partial charge is 0.613 e. The highest BCUT2D eigenvalue weighted by Crippen LogP contribution is 2.43. The average Bonchev–Trinajstić information content (AvgIpc) is 3.53. The van der Waals surface area contributed by atoms with Crippen molar-refractivity contribution in [1.29, 1.82) is 0 Å². The Balaban J connectivity index is 1.47. The molecule has 1 unspecified atom stereocenters. The molecule has 2 aromatic heterocycles. The first-order chi connectivity index (χ1) is 16.9. The Morgan fingerprint density at radius 1 is 1.44 bits per heavy atom. The Hall–Kier alpha value is -2.51. The van der Waals surface area contributed by atoms with Gasteiger partial charge in [-0.3, -0.25) is 9.36 Å². The minimum absolute atomic E-state index is 0.000996. The maximum atomic E-state index is 15.8. The number of nitrogens with two attached hydrogens (primary N) is 1. The SMILES string of the molecule is CC(C)OC(=O)[C@@H](C)N[P+](=O)OC[C@H]1O[C@@H](n2cnc3c(N(C)C4CC4)nc(N)nc32)[C@](C)(F)[C@@H]1O. The van der Waals surface area contributed by atoms with Gasteiger partial charge in [0.1, 0.15) is 24.9 Å². The van der Waals surface area contributed by atoms with Gasteiger partial charge in [-0.05, 0) is 45.1 Å². The molecule has 2 aliphatic rings. The number of imidazole rings is 1. The van der Waals surface area contributed by atoms with Crippen molar-refractivity contribution in [2.75, 3.05) is 24.3 Å². The third-order valence-electron chi connectivity index (χ3n) is 6.18. The second kappa shape index (κ2) is 10.1. The summed E-state index contributed by atoms with van der Waals surface area (Å²) in [5, 5.41) is 13.1. The van der Waals surface area contributed by atoms with E-state index >= 15 is 4.39 Å². The zero-order valence-corrected chi connectivity index (χ0v) is 21.7. The van der Waals surface area contributed by atoms with E-state index in [9.17, 15) is 14.5 Å². The topological polar surface area (TPSA) is 167 Å². The van der Waals surface area contributed by atoms with Gasteiger partial charge in [-0.25, -0.2) is 9.37 Å². The maximum Gasteiger partial charge on any atom is 0.613 e. The molecule has 0 bridgehead atoms. The highest BCUT2D eigenvalue weighted by Gasteiger charge is 2.56. The van der Waals surface area contributed by atoms with Gasteiger partial charge in [-0.15, -0.1) is 4.52 Å². The van der Waals surface area contributed by atoms with Crippen LogP contribution in [0.15, 0.2) is 6.33 Å². The molecule has 1 saturated carbocycles. The van der Waals surface area contributed by atoms with E-state index in [-0.39, 0.29) is 17.7 Å². The zero-order valence-electron chi connectivity index (χ0n) is 20.8. The Labute approximate surface area is 208 Å². The van der Waals surface area contributed by atoms with Crippen molar-refractivity contribution in [3.8, 4) is 0 Å². The molecule has 4 rings (SSSR count). The number of aromatic nitrogens is 4. The fourth-order valence-corrected chi connectivity index (χ4v) is 4.82. The molecule has 198 valence electrons. The van der Waals surface area contributed by atoms with E-state index in [2.05, 4.69) is 20.0 Å². The summed E-state index contributed by atoms with van der Waals surface area (Å²) in [5.41, 5.74) is 4.36. The Morgan fingerprint density at radius 2 is 2.14 bits per heavy atom. The van der Waals surface area contributed by atoms with E-state index in [1.54, 1.807) is 13.8 Å². The van der Waals surface area contributed by atoms with Crippen molar-refractivity contribution < 1.29 is 32.9 Å². The van der Waals surface area contributed by atoms with Gasteiger partial charge in [0.25, 0.3) is 0 Å². The Morgan fingerprint density at radius 3 is 2.78 bits per heavy atom. The molecule has 0 aromatic carbocycles.